The molecule has 0 aliphatic heterocycles. The number of hydrogen-bond donors (Lipinski definition) is 2. The number of benzene rings is 1. The molecule has 1 aromatic carbocycles. The fourth-order valence-electron chi connectivity index (χ4n) is 1.32. The normalized spacial score (nSPS) is 14.5. The van der Waals surface area contributed by atoms with E-state index in [1.165, 1.54) is 12.1 Å². The van der Waals surface area contributed by atoms with Gasteiger partial charge in [0, 0.05) is 5.54 Å². The summed E-state index contributed by atoms with van der Waals surface area (Å²) in [7, 11) is 0. The monoisotopic (exact) mass is 290 g/mol. The van der Waals surface area contributed by atoms with E-state index in [0.717, 1.165) is 12.1 Å². The van der Waals surface area contributed by atoms with Crippen molar-refractivity contribution in [3.8, 4) is 0 Å². The molecule has 7 heteroatoms. The zero-order valence-electron chi connectivity index (χ0n) is 11.3. The van der Waals surface area contributed by atoms with E-state index in [1.807, 2.05) is 6.92 Å². The zero-order chi connectivity index (χ0) is 15.4. The molecular formula is C13H17F3N2O2. The van der Waals surface area contributed by atoms with Crippen molar-refractivity contribution < 1.29 is 22.7 Å². The molecule has 20 heavy (non-hydrogen) atoms. The maximum absolute atomic E-state index is 12.7. The standard InChI is InChI=1S/C13H17F3N2O2/c1-3-12(2,17)8-20-11(19)18-10-7-5-4-6-9(10)13(14,15)16/h4-7H,3,8,17H2,1-2H3,(H,18,19). The molecule has 0 aromatic heterocycles. The first-order valence-corrected chi connectivity index (χ1v) is 6.04. The number of nitrogens with one attached hydrogen (secondary N) is 1. The van der Waals surface area contributed by atoms with Gasteiger partial charge in [-0.05, 0) is 25.5 Å². The van der Waals surface area contributed by atoms with E-state index in [-0.39, 0.29) is 12.3 Å². The number of anilines is 1. The number of ether oxygens (including phenoxy) is 1. The molecule has 0 aliphatic rings. The predicted octanol–water partition coefficient (Wildman–Crippen LogP) is 3.38. The molecule has 0 radical (unpaired) electrons. The van der Waals surface area contributed by atoms with Crippen molar-refractivity contribution in [2.24, 2.45) is 5.73 Å². The van der Waals surface area contributed by atoms with Crippen LogP contribution < -0.4 is 11.1 Å². The highest BCUT2D eigenvalue weighted by molar-refractivity contribution is 5.85. The Morgan fingerprint density at radius 1 is 1.35 bits per heavy atom. The van der Waals surface area contributed by atoms with Crippen molar-refractivity contribution in [1.29, 1.82) is 0 Å². The van der Waals surface area contributed by atoms with Gasteiger partial charge in [-0.2, -0.15) is 13.2 Å². The third-order valence-electron chi connectivity index (χ3n) is 2.81. The Labute approximate surface area is 115 Å². The first-order chi connectivity index (χ1) is 9.15. The third-order valence-corrected chi connectivity index (χ3v) is 2.81. The van der Waals surface area contributed by atoms with Crippen molar-refractivity contribution in [3.05, 3.63) is 29.8 Å². The van der Waals surface area contributed by atoms with Crippen LogP contribution in [0.15, 0.2) is 24.3 Å². The molecule has 0 heterocycles. The van der Waals surface area contributed by atoms with E-state index in [1.54, 1.807) is 6.92 Å². The van der Waals surface area contributed by atoms with E-state index in [0.29, 0.717) is 6.42 Å². The zero-order valence-corrected chi connectivity index (χ0v) is 11.3. The lowest BCUT2D eigenvalue weighted by Crippen LogP contribution is -2.41. The fourth-order valence-corrected chi connectivity index (χ4v) is 1.32. The smallest absolute Gasteiger partial charge is 0.418 e. The molecule has 3 N–H and O–H groups in total. The molecule has 1 atom stereocenters. The summed E-state index contributed by atoms with van der Waals surface area (Å²) in [5.41, 5.74) is 3.79. The lowest BCUT2D eigenvalue weighted by molar-refractivity contribution is -0.136. The summed E-state index contributed by atoms with van der Waals surface area (Å²) in [6, 6.07) is 4.68. The number of rotatable bonds is 4. The second-order valence-corrected chi connectivity index (χ2v) is 4.75. The van der Waals surface area contributed by atoms with Crippen LogP contribution in [0.2, 0.25) is 0 Å². The van der Waals surface area contributed by atoms with Gasteiger partial charge in [0.25, 0.3) is 0 Å². The fraction of sp³-hybridized carbons (Fsp3) is 0.462. The lowest BCUT2D eigenvalue weighted by atomic mass is 10.0. The summed E-state index contributed by atoms with van der Waals surface area (Å²) in [6.07, 6.45) is -4.94. The Balaban J connectivity index is 2.72. The summed E-state index contributed by atoms with van der Waals surface area (Å²) >= 11 is 0. The Morgan fingerprint density at radius 3 is 2.50 bits per heavy atom. The summed E-state index contributed by atoms with van der Waals surface area (Å²) < 4.78 is 43.0. The van der Waals surface area contributed by atoms with Crippen LogP contribution in [-0.4, -0.2) is 18.2 Å². The number of halogens is 3. The van der Waals surface area contributed by atoms with E-state index < -0.39 is 23.4 Å². The number of carbonyl (C=O) groups is 1. The molecule has 0 spiro atoms. The van der Waals surface area contributed by atoms with Gasteiger partial charge < -0.3 is 10.5 Å². The van der Waals surface area contributed by atoms with Crippen LogP contribution in [0.1, 0.15) is 25.8 Å². The van der Waals surface area contributed by atoms with Gasteiger partial charge in [-0.15, -0.1) is 0 Å². The van der Waals surface area contributed by atoms with E-state index >= 15 is 0 Å². The molecule has 112 valence electrons. The first-order valence-electron chi connectivity index (χ1n) is 6.04. The molecule has 1 unspecified atom stereocenters. The highest BCUT2D eigenvalue weighted by Crippen LogP contribution is 2.34. The number of amides is 1. The Hall–Kier alpha value is -1.76. The van der Waals surface area contributed by atoms with Crippen LogP contribution in [0, 0.1) is 0 Å². The second-order valence-electron chi connectivity index (χ2n) is 4.75. The minimum absolute atomic E-state index is 0.0798. The van der Waals surface area contributed by atoms with Crippen LogP contribution >= 0.6 is 0 Å². The number of alkyl halides is 3. The van der Waals surface area contributed by atoms with E-state index in [4.69, 9.17) is 10.5 Å². The number of nitrogens with two attached hydrogens (primary N) is 1. The third kappa shape index (κ3) is 4.73. The van der Waals surface area contributed by atoms with Crippen LogP contribution in [0.4, 0.5) is 23.7 Å². The summed E-state index contributed by atoms with van der Waals surface area (Å²) in [5, 5.41) is 2.08. The molecule has 1 aromatic rings. The topological polar surface area (TPSA) is 64.3 Å². The predicted molar refractivity (Wildman–Crippen MR) is 69.3 cm³/mol. The quantitative estimate of drug-likeness (QED) is 0.893. The van der Waals surface area contributed by atoms with Gasteiger partial charge in [0.1, 0.15) is 6.61 Å². The van der Waals surface area contributed by atoms with Crippen LogP contribution in [0.5, 0.6) is 0 Å². The maximum atomic E-state index is 12.7. The molecular weight excluding hydrogens is 273 g/mol. The van der Waals surface area contributed by atoms with Gasteiger partial charge in [-0.1, -0.05) is 19.1 Å². The Kier molecular flexibility index (Phi) is 4.99. The SMILES string of the molecule is CCC(C)(N)COC(=O)Nc1ccccc1C(F)(F)F. The van der Waals surface area contributed by atoms with Gasteiger partial charge in [0.2, 0.25) is 0 Å². The highest BCUT2D eigenvalue weighted by atomic mass is 19.4. The van der Waals surface area contributed by atoms with Crippen molar-refractivity contribution in [3.63, 3.8) is 0 Å². The molecule has 1 rings (SSSR count). The average molecular weight is 290 g/mol. The van der Waals surface area contributed by atoms with E-state index in [9.17, 15) is 18.0 Å². The lowest BCUT2D eigenvalue weighted by Gasteiger charge is -2.22. The Morgan fingerprint density at radius 2 is 1.95 bits per heavy atom. The van der Waals surface area contributed by atoms with E-state index in [2.05, 4.69) is 5.32 Å². The van der Waals surface area contributed by atoms with Gasteiger partial charge in [-0.3, -0.25) is 5.32 Å². The van der Waals surface area contributed by atoms with Crippen LogP contribution in [0.3, 0.4) is 0 Å². The van der Waals surface area contributed by atoms with Crippen molar-refractivity contribution in [2.75, 3.05) is 11.9 Å². The molecule has 1 amide bonds. The summed E-state index contributed by atoms with van der Waals surface area (Å²) in [6.45, 7) is 3.42. The van der Waals surface area contributed by atoms with Gasteiger partial charge in [-0.25, -0.2) is 4.79 Å². The molecule has 0 bridgehead atoms. The van der Waals surface area contributed by atoms with Crippen molar-refractivity contribution in [2.45, 2.75) is 32.0 Å². The Bertz CT molecular complexity index is 473. The van der Waals surface area contributed by atoms with Crippen molar-refractivity contribution >= 4 is 11.8 Å². The van der Waals surface area contributed by atoms with Gasteiger partial charge in [0.15, 0.2) is 0 Å². The molecule has 0 fully saturated rings. The first kappa shape index (κ1) is 16.3. The van der Waals surface area contributed by atoms with Crippen LogP contribution in [-0.2, 0) is 10.9 Å². The number of hydrogen-bond acceptors (Lipinski definition) is 3. The van der Waals surface area contributed by atoms with Gasteiger partial charge >= 0.3 is 12.3 Å². The summed E-state index contributed by atoms with van der Waals surface area (Å²) in [5.74, 6) is 0. The maximum Gasteiger partial charge on any atom is 0.418 e. The minimum atomic E-state index is -4.55. The number of para-hydroxylation sites is 1. The molecule has 4 nitrogen and oxygen atoms in total. The number of carbonyl (C=O) groups excluding carboxylic acids is 1. The average Bonchev–Trinajstić information content (AvgIpc) is 2.36. The van der Waals surface area contributed by atoms with Crippen molar-refractivity contribution in [1.82, 2.24) is 0 Å². The largest absolute Gasteiger partial charge is 0.447 e. The minimum Gasteiger partial charge on any atom is -0.447 e. The molecule has 0 saturated carbocycles. The summed E-state index contributed by atoms with van der Waals surface area (Å²) in [4.78, 5) is 11.5. The van der Waals surface area contributed by atoms with Gasteiger partial charge in [0.05, 0.1) is 11.3 Å². The highest BCUT2D eigenvalue weighted by Gasteiger charge is 2.33. The molecule has 0 saturated heterocycles. The molecule has 0 aliphatic carbocycles. The van der Waals surface area contributed by atoms with Crippen LogP contribution in [0.25, 0.3) is 0 Å². The second kappa shape index (κ2) is 6.13.